The Morgan fingerprint density at radius 1 is 1.13 bits per heavy atom. The second kappa shape index (κ2) is 10.5. The molecule has 0 radical (unpaired) electrons. The van der Waals surface area contributed by atoms with Gasteiger partial charge in [0.15, 0.2) is 0 Å². The van der Waals surface area contributed by atoms with Gasteiger partial charge in [0.2, 0.25) is 0 Å². The number of aromatic nitrogens is 1. The molecule has 0 saturated carbocycles. The zero-order chi connectivity index (χ0) is 22.3. The van der Waals surface area contributed by atoms with Crippen LogP contribution in [0.3, 0.4) is 0 Å². The second-order valence-corrected chi connectivity index (χ2v) is 8.72. The van der Waals surface area contributed by atoms with Crippen molar-refractivity contribution in [1.29, 1.82) is 0 Å². The van der Waals surface area contributed by atoms with Crippen LogP contribution in [0.2, 0.25) is 5.02 Å². The number of benzene rings is 2. The van der Waals surface area contributed by atoms with Crippen molar-refractivity contribution in [3.05, 3.63) is 94.8 Å². The predicted octanol–water partition coefficient (Wildman–Crippen LogP) is 3.15. The van der Waals surface area contributed by atoms with Crippen molar-refractivity contribution in [2.24, 2.45) is 0 Å². The Kier molecular flexibility index (Phi) is 7.75. The third kappa shape index (κ3) is 6.60. The molecule has 0 saturated heterocycles. The van der Waals surface area contributed by atoms with Crippen molar-refractivity contribution in [2.45, 2.75) is 17.4 Å². The largest absolute Gasteiger partial charge is 0.387 e. The number of nitrogens with zero attached hydrogens (tertiary/aromatic N) is 1. The number of pyridine rings is 1. The van der Waals surface area contributed by atoms with Gasteiger partial charge in [0.1, 0.15) is 4.90 Å². The van der Waals surface area contributed by atoms with Gasteiger partial charge in [0.25, 0.3) is 0 Å². The molecule has 0 bridgehead atoms. The van der Waals surface area contributed by atoms with E-state index < -0.39 is 22.2 Å². The van der Waals surface area contributed by atoms with E-state index in [-0.39, 0.29) is 10.5 Å². The smallest absolute Gasteiger partial charge is 0.355 e. The quantitative estimate of drug-likeness (QED) is 0.373. The number of carbonyl (C=O) groups is 1. The normalized spacial score (nSPS) is 12.3. The summed E-state index contributed by atoms with van der Waals surface area (Å²) in [4.78, 5) is 15.7. The van der Waals surface area contributed by atoms with Crippen LogP contribution >= 0.6 is 11.6 Å². The van der Waals surface area contributed by atoms with Crippen LogP contribution in [0.15, 0.2) is 78.0 Å². The standard InChI is InChI=1S/C22H21ClN2O5S/c23-19-7-2-5-17(13-19)21(26)15-25-11-9-16-4-1-8-20(12-16)31(28,29)30-22(27)18-6-3-10-24-14-18/h1-8,10,12-14,21,25-26H,9,11,15H2. The lowest BCUT2D eigenvalue weighted by Gasteiger charge is -2.13. The van der Waals surface area contributed by atoms with Crippen LogP contribution in [0.1, 0.15) is 27.6 Å². The average molecular weight is 461 g/mol. The van der Waals surface area contributed by atoms with E-state index in [9.17, 15) is 18.3 Å². The van der Waals surface area contributed by atoms with Crippen LogP contribution in [-0.4, -0.2) is 37.6 Å². The number of hydrogen-bond acceptors (Lipinski definition) is 7. The van der Waals surface area contributed by atoms with Crippen LogP contribution < -0.4 is 5.32 Å². The molecule has 7 nitrogen and oxygen atoms in total. The summed E-state index contributed by atoms with van der Waals surface area (Å²) in [6, 6.07) is 16.1. The molecule has 2 N–H and O–H groups in total. The molecule has 0 spiro atoms. The fraction of sp³-hybridized carbons (Fsp3) is 0.182. The van der Waals surface area contributed by atoms with Crippen LogP contribution in [0.4, 0.5) is 0 Å². The zero-order valence-corrected chi connectivity index (χ0v) is 18.0. The van der Waals surface area contributed by atoms with E-state index in [0.717, 1.165) is 5.56 Å². The maximum atomic E-state index is 12.4. The number of rotatable bonds is 9. The van der Waals surface area contributed by atoms with Crippen molar-refractivity contribution in [2.75, 3.05) is 13.1 Å². The Labute approximate surface area is 185 Å². The number of nitrogens with one attached hydrogen (secondary N) is 1. The highest BCUT2D eigenvalue weighted by atomic mass is 35.5. The molecule has 9 heteroatoms. The van der Waals surface area contributed by atoms with Gasteiger partial charge in [-0.1, -0.05) is 35.9 Å². The average Bonchev–Trinajstić information content (AvgIpc) is 2.77. The first-order valence-electron chi connectivity index (χ1n) is 9.47. The molecule has 1 unspecified atom stereocenters. The van der Waals surface area contributed by atoms with Gasteiger partial charge in [0.05, 0.1) is 11.7 Å². The number of halogens is 1. The minimum absolute atomic E-state index is 0.0460. The van der Waals surface area contributed by atoms with Gasteiger partial charge in [0, 0.05) is 24.0 Å². The summed E-state index contributed by atoms with van der Waals surface area (Å²) < 4.78 is 29.6. The third-order valence-corrected chi connectivity index (χ3v) is 5.87. The molecule has 3 rings (SSSR count). The molecular formula is C22H21ClN2O5S. The number of carbonyl (C=O) groups excluding carboxylic acids is 1. The van der Waals surface area contributed by atoms with Crippen molar-refractivity contribution in [1.82, 2.24) is 10.3 Å². The van der Waals surface area contributed by atoms with Gasteiger partial charge in [-0.15, -0.1) is 0 Å². The van der Waals surface area contributed by atoms with Crippen molar-refractivity contribution < 1.29 is 22.5 Å². The molecule has 0 aliphatic heterocycles. The summed E-state index contributed by atoms with van der Waals surface area (Å²) in [5.74, 6) is -0.991. The van der Waals surface area contributed by atoms with E-state index in [2.05, 4.69) is 10.3 Å². The lowest BCUT2D eigenvalue weighted by molar-refractivity contribution is 0.0746. The monoisotopic (exact) mass is 460 g/mol. The molecule has 0 aliphatic rings. The SMILES string of the molecule is O=C(OS(=O)(=O)c1cccc(CCNCC(O)c2cccc(Cl)c2)c1)c1cccnc1. The summed E-state index contributed by atoms with van der Waals surface area (Å²) in [6.45, 7) is 0.831. The third-order valence-electron chi connectivity index (χ3n) is 4.43. The van der Waals surface area contributed by atoms with Gasteiger partial charge in [-0.3, -0.25) is 4.98 Å². The van der Waals surface area contributed by atoms with Gasteiger partial charge in [-0.05, 0) is 60.5 Å². The van der Waals surface area contributed by atoms with Crippen LogP contribution in [0, 0.1) is 0 Å². The first-order chi connectivity index (χ1) is 14.8. The zero-order valence-electron chi connectivity index (χ0n) is 16.4. The second-order valence-electron chi connectivity index (χ2n) is 6.74. The maximum Gasteiger partial charge on any atom is 0.355 e. The number of hydrogen-bond donors (Lipinski definition) is 2. The Hall–Kier alpha value is -2.78. The highest BCUT2D eigenvalue weighted by molar-refractivity contribution is 7.87. The Bertz CT molecular complexity index is 1140. The molecule has 1 aromatic heterocycles. The molecule has 1 heterocycles. The first-order valence-corrected chi connectivity index (χ1v) is 11.3. The van der Waals surface area contributed by atoms with Crippen molar-refractivity contribution >= 4 is 27.7 Å². The highest BCUT2D eigenvalue weighted by Gasteiger charge is 2.21. The van der Waals surface area contributed by atoms with E-state index in [1.54, 1.807) is 36.4 Å². The van der Waals surface area contributed by atoms with E-state index in [0.29, 0.717) is 30.1 Å². The lowest BCUT2D eigenvalue weighted by atomic mass is 10.1. The van der Waals surface area contributed by atoms with Crippen LogP contribution in [-0.2, 0) is 20.7 Å². The highest BCUT2D eigenvalue weighted by Crippen LogP contribution is 2.18. The minimum Gasteiger partial charge on any atom is -0.387 e. The molecule has 31 heavy (non-hydrogen) atoms. The van der Waals surface area contributed by atoms with Gasteiger partial charge < -0.3 is 14.6 Å². The Morgan fingerprint density at radius 3 is 2.68 bits per heavy atom. The summed E-state index contributed by atoms with van der Waals surface area (Å²) in [6.07, 6.45) is 2.51. The van der Waals surface area contributed by atoms with Crippen molar-refractivity contribution in [3.63, 3.8) is 0 Å². The van der Waals surface area contributed by atoms with E-state index >= 15 is 0 Å². The fourth-order valence-corrected chi connectivity index (χ4v) is 3.97. The van der Waals surface area contributed by atoms with Gasteiger partial charge >= 0.3 is 16.1 Å². The fourth-order valence-electron chi connectivity index (χ4n) is 2.84. The lowest BCUT2D eigenvalue weighted by Crippen LogP contribution is -2.23. The minimum atomic E-state index is -4.26. The number of aliphatic hydroxyl groups is 1. The summed E-state index contributed by atoms with van der Waals surface area (Å²) in [5, 5.41) is 13.9. The molecule has 3 aromatic rings. The van der Waals surface area contributed by atoms with E-state index in [1.807, 2.05) is 0 Å². The Morgan fingerprint density at radius 2 is 1.94 bits per heavy atom. The predicted molar refractivity (Wildman–Crippen MR) is 116 cm³/mol. The van der Waals surface area contributed by atoms with Gasteiger partial charge in [-0.25, -0.2) is 4.79 Å². The summed E-state index contributed by atoms with van der Waals surface area (Å²) in [7, 11) is -4.26. The first kappa shape index (κ1) is 22.9. The topological polar surface area (TPSA) is 106 Å². The number of aliphatic hydroxyl groups excluding tert-OH is 1. The Balaban J connectivity index is 1.55. The van der Waals surface area contributed by atoms with Gasteiger partial charge in [-0.2, -0.15) is 8.42 Å². The molecule has 1 atom stereocenters. The van der Waals surface area contributed by atoms with E-state index in [1.165, 1.54) is 36.7 Å². The molecular weight excluding hydrogens is 440 g/mol. The maximum absolute atomic E-state index is 12.4. The van der Waals surface area contributed by atoms with Crippen LogP contribution in [0.5, 0.6) is 0 Å². The molecule has 2 aromatic carbocycles. The molecule has 0 amide bonds. The molecule has 0 aliphatic carbocycles. The van der Waals surface area contributed by atoms with Crippen LogP contribution in [0.25, 0.3) is 0 Å². The summed E-state index contributed by atoms with van der Waals surface area (Å²) in [5.41, 5.74) is 1.50. The molecule has 0 fully saturated rings. The summed E-state index contributed by atoms with van der Waals surface area (Å²) >= 11 is 5.93. The van der Waals surface area contributed by atoms with E-state index in [4.69, 9.17) is 15.8 Å². The molecule has 162 valence electrons. The van der Waals surface area contributed by atoms with Crippen molar-refractivity contribution in [3.8, 4) is 0 Å².